The molecule has 0 fully saturated rings. The van der Waals surface area contributed by atoms with E-state index in [2.05, 4.69) is 20.2 Å². The number of carboxylic acid groups (broad SMARTS) is 1. The molecule has 0 unspecified atom stereocenters. The van der Waals surface area contributed by atoms with Crippen LogP contribution in [0.2, 0.25) is 0 Å². The van der Waals surface area contributed by atoms with Crippen molar-refractivity contribution >= 4 is 5.97 Å². The van der Waals surface area contributed by atoms with Gasteiger partial charge in [0.2, 0.25) is 0 Å². The van der Waals surface area contributed by atoms with Crippen LogP contribution in [0.3, 0.4) is 0 Å². The summed E-state index contributed by atoms with van der Waals surface area (Å²) in [5.41, 5.74) is 0.915. The van der Waals surface area contributed by atoms with Crippen LogP contribution in [0.15, 0.2) is 24.8 Å². The maximum absolute atomic E-state index is 10.7. The second-order valence-electron chi connectivity index (χ2n) is 2.55. The number of aromatic amines is 1. The number of aromatic carboxylic acids is 1. The maximum atomic E-state index is 10.7. The molecule has 0 saturated carbocycles. The van der Waals surface area contributed by atoms with Gasteiger partial charge in [0.1, 0.15) is 11.3 Å². The first-order chi connectivity index (χ1) is 6.79. The molecule has 0 aliphatic rings. The Morgan fingerprint density at radius 1 is 1.36 bits per heavy atom. The van der Waals surface area contributed by atoms with Crippen molar-refractivity contribution in [2.75, 3.05) is 0 Å². The highest BCUT2D eigenvalue weighted by Crippen LogP contribution is 2.16. The minimum absolute atomic E-state index is 0.0884. The maximum Gasteiger partial charge on any atom is 0.339 e. The van der Waals surface area contributed by atoms with Crippen molar-refractivity contribution in [1.29, 1.82) is 0 Å². The van der Waals surface area contributed by atoms with Gasteiger partial charge in [0.15, 0.2) is 0 Å². The second kappa shape index (κ2) is 3.25. The van der Waals surface area contributed by atoms with Gasteiger partial charge >= 0.3 is 5.97 Å². The van der Waals surface area contributed by atoms with Crippen LogP contribution in [-0.4, -0.2) is 31.2 Å². The normalized spacial score (nSPS) is 10.0. The number of carbonyl (C=O) groups is 1. The molecule has 2 aromatic rings. The summed E-state index contributed by atoms with van der Waals surface area (Å²) < 4.78 is 0. The topological polar surface area (TPSA) is 91.8 Å². The zero-order chi connectivity index (χ0) is 9.97. The molecule has 14 heavy (non-hydrogen) atoms. The number of H-pyrrole nitrogens is 1. The predicted molar refractivity (Wildman–Crippen MR) is 46.6 cm³/mol. The summed E-state index contributed by atoms with van der Waals surface area (Å²) in [6.07, 6.45) is 5.72. The SMILES string of the molecule is O=C(O)c1cn[nH]c1-c1cnccn1. The molecule has 0 bridgehead atoms. The fraction of sp³-hybridized carbons (Fsp3) is 0. The average molecular weight is 190 g/mol. The molecule has 0 saturated heterocycles. The number of rotatable bonds is 2. The lowest BCUT2D eigenvalue weighted by atomic mass is 10.2. The highest BCUT2D eigenvalue weighted by molar-refractivity contribution is 5.93. The van der Waals surface area contributed by atoms with E-state index < -0.39 is 5.97 Å². The summed E-state index contributed by atoms with van der Waals surface area (Å²) in [6, 6.07) is 0. The van der Waals surface area contributed by atoms with E-state index >= 15 is 0 Å². The Hall–Kier alpha value is -2.24. The Balaban J connectivity index is 2.52. The molecule has 0 aliphatic heterocycles. The van der Waals surface area contributed by atoms with Gasteiger partial charge < -0.3 is 5.11 Å². The molecule has 2 rings (SSSR count). The van der Waals surface area contributed by atoms with E-state index in [9.17, 15) is 4.79 Å². The van der Waals surface area contributed by atoms with E-state index in [4.69, 9.17) is 5.11 Å². The van der Waals surface area contributed by atoms with Crippen molar-refractivity contribution in [2.24, 2.45) is 0 Å². The minimum Gasteiger partial charge on any atom is -0.478 e. The van der Waals surface area contributed by atoms with Gasteiger partial charge in [-0.25, -0.2) is 4.79 Å². The summed E-state index contributed by atoms with van der Waals surface area (Å²) in [4.78, 5) is 18.6. The lowest BCUT2D eigenvalue weighted by Crippen LogP contribution is -1.97. The second-order valence-corrected chi connectivity index (χ2v) is 2.55. The summed E-state index contributed by atoms with van der Waals surface area (Å²) in [6.45, 7) is 0. The van der Waals surface area contributed by atoms with E-state index in [1.54, 1.807) is 0 Å². The van der Waals surface area contributed by atoms with Crippen LogP contribution in [-0.2, 0) is 0 Å². The highest BCUT2D eigenvalue weighted by atomic mass is 16.4. The molecule has 0 aliphatic carbocycles. The van der Waals surface area contributed by atoms with Gasteiger partial charge in [0, 0.05) is 12.4 Å². The van der Waals surface area contributed by atoms with Crippen molar-refractivity contribution in [3.8, 4) is 11.4 Å². The molecule has 0 spiro atoms. The van der Waals surface area contributed by atoms with Crippen molar-refractivity contribution < 1.29 is 9.90 Å². The van der Waals surface area contributed by atoms with Crippen LogP contribution in [0.5, 0.6) is 0 Å². The largest absolute Gasteiger partial charge is 0.478 e. The molecule has 2 aromatic heterocycles. The minimum atomic E-state index is -1.04. The molecule has 0 atom stereocenters. The first-order valence-corrected chi connectivity index (χ1v) is 3.82. The Morgan fingerprint density at radius 3 is 2.86 bits per heavy atom. The average Bonchev–Trinajstić information content (AvgIpc) is 2.67. The summed E-state index contributed by atoms with van der Waals surface area (Å²) in [5.74, 6) is -1.04. The van der Waals surface area contributed by atoms with E-state index in [0.29, 0.717) is 11.4 Å². The van der Waals surface area contributed by atoms with Crippen LogP contribution in [0.4, 0.5) is 0 Å². The Kier molecular flexibility index (Phi) is 1.94. The molecule has 2 heterocycles. The Morgan fingerprint density at radius 2 is 2.21 bits per heavy atom. The third kappa shape index (κ3) is 1.33. The van der Waals surface area contributed by atoms with E-state index in [-0.39, 0.29) is 5.56 Å². The van der Waals surface area contributed by atoms with E-state index in [1.807, 2.05) is 0 Å². The predicted octanol–water partition coefficient (Wildman–Crippen LogP) is 0.565. The van der Waals surface area contributed by atoms with Crippen LogP contribution < -0.4 is 0 Å². The number of nitrogens with one attached hydrogen (secondary N) is 1. The van der Waals surface area contributed by atoms with Crippen molar-refractivity contribution in [1.82, 2.24) is 20.2 Å². The lowest BCUT2D eigenvalue weighted by molar-refractivity contribution is 0.0698. The molecule has 0 amide bonds. The number of carboxylic acids is 1. The third-order valence-electron chi connectivity index (χ3n) is 1.69. The summed E-state index contributed by atoms with van der Waals surface area (Å²) >= 11 is 0. The zero-order valence-electron chi connectivity index (χ0n) is 7.01. The quantitative estimate of drug-likeness (QED) is 0.722. The Labute approximate surface area is 78.6 Å². The number of hydrogen-bond donors (Lipinski definition) is 2. The molecule has 70 valence electrons. The monoisotopic (exact) mass is 190 g/mol. The zero-order valence-corrected chi connectivity index (χ0v) is 7.01. The Bertz CT molecular complexity index is 451. The van der Waals surface area contributed by atoms with Crippen LogP contribution in [0.1, 0.15) is 10.4 Å². The van der Waals surface area contributed by atoms with Gasteiger partial charge in [-0.2, -0.15) is 5.10 Å². The van der Waals surface area contributed by atoms with Crippen molar-refractivity contribution in [2.45, 2.75) is 0 Å². The summed E-state index contributed by atoms with van der Waals surface area (Å²) in [5, 5.41) is 15.0. The molecular formula is C8H6N4O2. The fourth-order valence-corrected chi connectivity index (χ4v) is 1.07. The number of hydrogen-bond acceptors (Lipinski definition) is 4. The molecule has 6 nitrogen and oxygen atoms in total. The van der Waals surface area contributed by atoms with E-state index in [1.165, 1.54) is 24.8 Å². The highest BCUT2D eigenvalue weighted by Gasteiger charge is 2.14. The van der Waals surface area contributed by atoms with Crippen molar-refractivity contribution in [3.63, 3.8) is 0 Å². The smallest absolute Gasteiger partial charge is 0.339 e. The third-order valence-corrected chi connectivity index (χ3v) is 1.69. The van der Waals surface area contributed by atoms with Gasteiger partial charge in [-0.05, 0) is 0 Å². The standard InChI is InChI=1S/C8H6N4O2/c13-8(14)5-3-11-12-7(5)6-4-9-1-2-10-6/h1-4H,(H,11,12)(H,13,14). The summed E-state index contributed by atoms with van der Waals surface area (Å²) in [7, 11) is 0. The van der Waals surface area contributed by atoms with Gasteiger partial charge in [-0.15, -0.1) is 0 Å². The fourth-order valence-electron chi connectivity index (χ4n) is 1.07. The van der Waals surface area contributed by atoms with Crippen LogP contribution in [0.25, 0.3) is 11.4 Å². The first-order valence-electron chi connectivity index (χ1n) is 3.82. The molecular weight excluding hydrogens is 184 g/mol. The lowest BCUT2D eigenvalue weighted by Gasteiger charge is -1.96. The van der Waals surface area contributed by atoms with Crippen LogP contribution in [0, 0.1) is 0 Å². The van der Waals surface area contributed by atoms with Gasteiger partial charge in [-0.3, -0.25) is 15.1 Å². The number of aromatic nitrogens is 4. The van der Waals surface area contributed by atoms with Gasteiger partial charge in [0.25, 0.3) is 0 Å². The van der Waals surface area contributed by atoms with E-state index in [0.717, 1.165) is 0 Å². The van der Waals surface area contributed by atoms with Crippen molar-refractivity contribution in [3.05, 3.63) is 30.4 Å². The van der Waals surface area contributed by atoms with Gasteiger partial charge in [0.05, 0.1) is 18.1 Å². The number of nitrogens with zero attached hydrogens (tertiary/aromatic N) is 3. The molecule has 6 heteroatoms. The van der Waals surface area contributed by atoms with Crippen LogP contribution >= 0.6 is 0 Å². The molecule has 0 aromatic carbocycles. The first kappa shape index (κ1) is 8.36. The van der Waals surface area contributed by atoms with Gasteiger partial charge in [-0.1, -0.05) is 0 Å². The molecule has 2 N–H and O–H groups in total. The molecule has 0 radical (unpaired) electrons.